The molecule has 192 valence electrons. The summed E-state index contributed by atoms with van der Waals surface area (Å²) < 4.78 is 42.9. The molecule has 2 aliphatic heterocycles. The van der Waals surface area contributed by atoms with Gasteiger partial charge in [-0.2, -0.15) is 4.31 Å². The second kappa shape index (κ2) is 9.91. The van der Waals surface area contributed by atoms with Gasteiger partial charge in [0.25, 0.3) is 15.7 Å². The Morgan fingerprint density at radius 1 is 0.892 bits per heavy atom. The van der Waals surface area contributed by atoms with Crippen LogP contribution < -0.4 is 4.90 Å². The molecule has 3 aromatic carbocycles. The number of rotatable bonds is 5. The van der Waals surface area contributed by atoms with Gasteiger partial charge in [0.15, 0.2) is 4.90 Å². The molecular weight excluding hydrogens is 499 g/mol. The predicted octanol–water partition coefficient (Wildman–Crippen LogP) is 3.20. The predicted molar refractivity (Wildman–Crippen MR) is 135 cm³/mol. The minimum Gasteiger partial charge on any atom is -0.366 e. The molecule has 0 unspecified atom stereocenters. The fourth-order valence-electron chi connectivity index (χ4n) is 5.00. The Bertz CT molecular complexity index is 1460. The molecule has 37 heavy (non-hydrogen) atoms. The van der Waals surface area contributed by atoms with Gasteiger partial charge in [-0.25, -0.2) is 12.8 Å². The van der Waals surface area contributed by atoms with Gasteiger partial charge in [0.05, 0.1) is 10.6 Å². The van der Waals surface area contributed by atoms with E-state index in [4.69, 9.17) is 0 Å². The van der Waals surface area contributed by atoms with Crippen molar-refractivity contribution in [3.8, 4) is 0 Å². The first kappa shape index (κ1) is 24.8. The SMILES string of the molecule is O=C([C@H]1Cc2ccccc2CN1S(=O)(=O)c1ccccc1[N+](=O)[O-])N1CCN(c2ccccc2F)CC1. The van der Waals surface area contributed by atoms with E-state index in [2.05, 4.69) is 0 Å². The maximum atomic E-state index is 14.3. The highest BCUT2D eigenvalue weighted by atomic mass is 32.2. The second-order valence-electron chi connectivity index (χ2n) is 9.03. The summed E-state index contributed by atoms with van der Waals surface area (Å²) in [5.74, 6) is -0.710. The summed E-state index contributed by atoms with van der Waals surface area (Å²) >= 11 is 0. The lowest BCUT2D eigenvalue weighted by Crippen LogP contribution is -2.57. The van der Waals surface area contributed by atoms with Crippen LogP contribution in [0.3, 0.4) is 0 Å². The van der Waals surface area contributed by atoms with Gasteiger partial charge in [-0.15, -0.1) is 0 Å². The highest BCUT2D eigenvalue weighted by Crippen LogP contribution is 2.34. The lowest BCUT2D eigenvalue weighted by molar-refractivity contribution is -0.387. The quantitative estimate of drug-likeness (QED) is 0.375. The molecule has 2 heterocycles. The topological polar surface area (TPSA) is 104 Å². The summed E-state index contributed by atoms with van der Waals surface area (Å²) in [6, 6.07) is 17.8. The standard InChI is InChI=1S/C26H25FN4O5S/c27-21-9-3-4-10-22(21)28-13-15-29(16-14-28)26(32)24-17-19-7-1-2-8-20(19)18-30(24)37(35,36)25-12-6-5-11-23(25)31(33)34/h1-12,24H,13-18H2/t24-/m1/s1. The van der Waals surface area contributed by atoms with E-state index in [1.165, 1.54) is 24.3 Å². The van der Waals surface area contributed by atoms with Crippen molar-refractivity contribution in [1.82, 2.24) is 9.21 Å². The number of nitrogens with zero attached hydrogens (tertiary/aromatic N) is 4. The number of amides is 1. The van der Waals surface area contributed by atoms with Crippen LogP contribution in [-0.2, 0) is 27.8 Å². The zero-order chi connectivity index (χ0) is 26.2. The van der Waals surface area contributed by atoms with Crippen LogP contribution in [0, 0.1) is 15.9 Å². The fourth-order valence-corrected chi connectivity index (χ4v) is 6.72. The molecule has 11 heteroatoms. The molecule has 3 aromatic rings. The van der Waals surface area contributed by atoms with Gasteiger partial charge in [-0.1, -0.05) is 48.5 Å². The molecule has 1 fully saturated rings. The Labute approximate surface area is 213 Å². The van der Waals surface area contributed by atoms with Crippen molar-refractivity contribution in [3.05, 3.63) is 99.9 Å². The number of hydrogen-bond donors (Lipinski definition) is 0. The van der Waals surface area contributed by atoms with Gasteiger partial charge < -0.3 is 9.80 Å². The first-order chi connectivity index (χ1) is 17.8. The maximum absolute atomic E-state index is 14.3. The number of carbonyl (C=O) groups excluding carboxylic acids is 1. The Morgan fingerprint density at radius 3 is 2.22 bits per heavy atom. The van der Waals surface area contributed by atoms with Crippen LogP contribution in [0.5, 0.6) is 0 Å². The van der Waals surface area contributed by atoms with Crippen LogP contribution in [-0.4, -0.2) is 60.7 Å². The number of benzene rings is 3. The molecule has 0 spiro atoms. The average Bonchev–Trinajstić information content (AvgIpc) is 2.92. The molecule has 0 radical (unpaired) electrons. The number of hydrogen-bond acceptors (Lipinski definition) is 6. The third-order valence-corrected chi connectivity index (χ3v) is 8.83. The van der Waals surface area contributed by atoms with Gasteiger partial charge in [0.2, 0.25) is 5.91 Å². The number of anilines is 1. The Morgan fingerprint density at radius 2 is 1.51 bits per heavy atom. The van der Waals surface area contributed by atoms with E-state index in [0.29, 0.717) is 31.9 Å². The first-order valence-corrected chi connectivity index (χ1v) is 13.3. The summed E-state index contributed by atoms with van der Waals surface area (Å²) in [5.41, 5.74) is 1.53. The molecule has 0 aromatic heterocycles. The number of piperazine rings is 1. The van der Waals surface area contributed by atoms with Crippen molar-refractivity contribution in [3.63, 3.8) is 0 Å². The summed E-state index contributed by atoms with van der Waals surface area (Å²) in [6.07, 6.45) is 0.155. The third-order valence-electron chi connectivity index (χ3n) is 6.92. The molecule has 1 saturated heterocycles. The average molecular weight is 525 g/mol. The number of carbonyl (C=O) groups is 1. The first-order valence-electron chi connectivity index (χ1n) is 11.9. The summed E-state index contributed by atoms with van der Waals surface area (Å²) in [5, 5.41) is 11.6. The van der Waals surface area contributed by atoms with Gasteiger partial charge >= 0.3 is 0 Å². The molecular formula is C26H25FN4O5S. The zero-order valence-electron chi connectivity index (χ0n) is 19.9. The number of fused-ring (bicyclic) bond motifs is 1. The molecule has 1 atom stereocenters. The third kappa shape index (κ3) is 4.67. The van der Waals surface area contributed by atoms with Crippen LogP contribution in [0.1, 0.15) is 11.1 Å². The number of para-hydroxylation sites is 2. The van der Waals surface area contributed by atoms with Gasteiger partial charge in [-0.05, 0) is 35.7 Å². The van der Waals surface area contributed by atoms with E-state index in [1.807, 2.05) is 17.0 Å². The van der Waals surface area contributed by atoms with Crippen molar-refractivity contribution < 1.29 is 22.5 Å². The molecule has 0 saturated carbocycles. The molecule has 0 N–H and O–H groups in total. The van der Waals surface area contributed by atoms with E-state index in [0.717, 1.165) is 21.5 Å². The monoisotopic (exact) mass is 524 g/mol. The number of sulfonamides is 1. The Kier molecular flexibility index (Phi) is 6.65. The van der Waals surface area contributed by atoms with Gasteiger partial charge in [-0.3, -0.25) is 14.9 Å². The molecule has 0 bridgehead atoms. The Hall–Kier alpha value is -3.83. The normalized spacial score (nSPS) is 18.4. The molecule has 5 rings (SSSR count). The van der Waals surface area contributed by atoms with Crippen molar-refractivity contribution in [1.29, 1.82) is 0 Å². The van der Waals surface area contributed by atoms with Crippen LogP contribution in [0.15, 0.2) is 77.7 Å². The maximum Gasteiger partial charge on any atom is 0.289 e. The van der Waals surface area contributed by atoms with E-state index < -0.39 is 31.6 Å². The van der Waals surface area contributed by atoms with E-state index >= 15 is 0 Å². The van der Waals surface area contributed by atoms with Crippen molar-refractivity contribution in [2.75, 3.05) is 31.1 Å². The van der Waals surface area contributed by atoms with Gasteiger partial charge in [0.1, 0.15) is 11.9 Å². The van der Waals surface area contributed by atoms with Crippen molar-refractivity contribution in [2.45, 2.75) is 23.9 Å². The van der Waals surface area contributed by atoms with Crippen molar-refractivity contribution >= 4 is 27.3 Å². The molecule has 1 amide bonds. The van der Waals surface area contributed by atoms with Crippen LogP contribution in [0.25, 0.3) is 0 Å². The van der Waals surface area contributed by atoms with Crippen LogP contribution in [0.2, 0.25) is 0 Å². The highest BCUT2D eigenvalue weighted by molar-refractivity contribution is 7.89. The zero-order valence-corrected chi connectivity index (χ0v) is 20.7. The van der Waals surface area contributed by atoms with Crippen LogP contribution in [0.4, 0.5) is 15.8 Å². The minimum atomic E-state index is -4.39. The van der Waals surface area contributed by atoms with E-state index in [9.17, 15) is 27.7 Å². The molecule has 2 aliphatic rings. The molecule has 9 nitrogen and oxygen atoms in total. The number of halogens is 1. The van der Waals surface area contributed by atoms with Crippen LogP contribution >= 0.6 is 0 Å². The lowest BCUT2D eigenvalue weighted by atomic mass is 9.95. The summed E-state index contributed by atoms with van der Waals surface area (Å²) in [7, 11) is -4.39. The lowest BCUT2D eigenvalue weighted by Gasteiger charge is -2.41. The highest BCUT2D eigenvalue weighted by Gasteiger charge is 2.43. The van der Waals surface area contributed by atoms with E-state index in [-0.39, 0.29) is 24.7 Å². The molecule has 0 aliphatic carbocycles. The van der Waals surface area contributed by atoms with Gasteiger partial charge in [0, 0.05) is 38.8 Å². The summed E-state index contributed by atoms with van der Waals surface area (Å²) in [6.45, 7) is 1.31. The number of nitro groups is 1. The minimum absolute atomic E-state index is 0.0733. The smallest absolute Gasteiger partial charge is 0.289 e. The second-order valence-corrected chi connectivity index (χ2v) is 10.9. The largest absolute Gasteiger partial charge is 0.366 e. The van der Waals surface area contributed by atoms with E-state index in [1.54, 1.807) is 35.2 Å². The summed E-state index contributed by atoms with van der Waals surface area (Å²) in [4.78, 5) is 27.7. The van der Waals surface area contributed by atoms with Crippen molar-refractivity contribution in [2.24, 2.45) is 0 Å². The number of nitro benzene ring substituents is 1. The Balaban J connectivity index is 1.45. The fraction of sp³-hybridized carbons (Fsp3) is 0.269.